The van der Waals surface area contributed by atoms with E-state index in [0.717, 1.165) is 36.5 Å². The molecule has 0 spiro atoms. The van der Waals surface area contributed by atoms with Crippen LogP contribution in [0, 0.1) is 10.1 Å². The molecule has 1 fully saturated rings. The number of carbonyl (C=O) groups is 1. The second-order valence-electron chi connectivity index (χ2n) is 6.94. The van der Waals surface area contributed by atoms with Gasteiger partial charge in [0.25, 0.3) is 5.69 Å². The van der Waals surface area contributed by atoms with Crippen molar-refractivity contribution in [3.05, 3.63) is 76.2 Å². The number of hydrogen-bond acceptors (Lipinski definition) is 5. The van der Waals surface area contributed by atoms with Crippen LogP contribution in [0.15, 0.2) is 54.9 Å². The molecule has 0 bridgehead atoms. The molecular formula is C20H21N5O3. The van der Waals surface area contributed by atoms with Gasteiger partial charge in [-0.15, -0.1) is 0 Å². The van der Waals surface area contributed by atoms with Crippen molar-refractivity contribution in [2.45, 2.75) is 13.0 Å². The predicted molar refractivity (Wildman–Crippen MR) is 104 cm³/mol. The highest BCUT2D eigenvalue weighted by molar-refractivity contribution is 5.79. The molecule has 2 aromatic heterocycles. The molecular weight excluding hydrogens is 358 g/mol. The van der Waals surface area contributed by atoms with Crippen LogP contribution in [0.5, 0.6) is 0 Å². The summed E-state index contributed by atoms with van der Waals surface area (Å²) in [6.07, 6.45) is 4.19. The van der Waals surface area contributed by atoms with Crippen LogP contribution in [0.25, 0.3) is 5.65 Å². The Morgan fingerprint density at radius 3 is 2.54 bits per heavy atom. The Kier molecular flexibility index (Phi) is 5.03. The highest BCUT2D eigenvalue weighted by atomic mass is 16.6. The Morgan fingerprint density at radius 1 is 1.07 bits per heavy atom. The maximum absolute atomic E-state index is 12.5. The smallest absolute Gasteiger partial charge is 0.269 e. The van der Waals surface area contributed by atoms with Gasteiger partial charge in [0.1, 0.15) is 5.65 Å². The number of pyridine rings is 1. The van der Waals surface area contributed by atoms with Crippen LogP contribution >= 0.6 is 0 Å². The highest BCUT2D eigenvalue weighted by Crippen LogP contribution is 2.15. The fourth-order valence-corrected chi connectivity index (χ4v) is 3.51. The number of fused-ring (bicyclic) bond motifs is 1. The maximum Gasteiger partial charge on any atom is 0.269 e. The molecule has 1 saturated heterocycles. The lowest BCUT2D eigenvalue weighted by Crippen LogP contribution is -2.48. The molecule has 8 heteroatoms. The Morgan fingerprint density at radius 2 is 1.82 bits per heavy atom. The number of imidazole rings is 1. The van der Waals surface area contributed by atoms with E-state index in [4.69, 9.17) is 0 Å². The van der Waals surface area contributed by atoms with Crippen molar-refractivity contribution in [2.75, 3.05) is 26.2 Å². The van der Waals surface area contributed by atoms with Gasteiger partial charge in [-0.3, -0.25) is 19.8 Å². The molecule has 8 nitrogen and oxygen atoms in total. The molecule has 3 heterocycles. The van der Waals surface area contributed by atoms with E-state index in [0.29, 0.717) is 13.1 Å². The second-order valence-corrected chi connectivity index (χ2v) is 6.94. The second kappa shape index (κ2) is 7.77. The van der Waals surface area contributed by atoms with Gasteiger partial charge in [-0.2, -0.15) is 0 Å². The summed E-state index contributed by atoms with van der Waals surface area (Å²) in [6, 6.07) is 12.1. The van der Waals surface area contributed by atoms with Gasteiger partial charge >= 0.3 is 0 Å². The number of aromatic nitrogens is 2. The number of carbonyl (C=O) groups excluding carboxylic acids is 1. The number of nitrogens with zero attached hydrogens (tertiary/aromatic N) is 5. The van der Waals surface area contributed by atoms with Gasteiger partial charge in [-0.05, 0) is 17.7 Å². The summed E-state index contributed by atoms with van der Waals surface area (Å²) in [6.45, 7) is 3.79. The Bertz CT molecular complexity index is 991. The van der Waals surface area contributed by atoms with Crippen LogP contribution in [0.2, 0.25) is 0 Å². The first-order valence-corrected chi connectivity index (χ1v) is 9.24. The van der Waals surface area contributed by atoms with Crippen molar-refractivity contribution in [1.82, 2.24) is 19.2 Å². The van der Waals surface area contributed by atoms with E-state index in [1.165, 1.54) is 12.1 Å². The summed E-state index contributed by atoms with van der Waals surface area (Å²) < 4.78 is 2.09. The average Bonchev–Trinajstić information content (AvgIpc) is 3.12. The van der Waals surface area contributed by atoms with E-state index in [1.54, 1.807) is 12.1 Å². The molecule has 0 saturated carbocycles. The SMILES string of the molecule is O=C(Cc1ccc([N+](=O)[O-])cc1)N1CCN(Cc2cnc3ccccn23)CC1. The number of benzene rings is 1. The number of rotatable bonds is 5. The minimum Gasteiger partial charge on any atom is -0.340 e. The molecule has 1 aliphatic heterocycles. The Balaban J connectivity index is 1.31. The highest BCUT2D eigenvalue weighted by Gasteiger charge is 2.22. The number of hydrogen-bond donors (Lipinski definition) is 0. The van der Waals surface area contributed by atoms with E-state index in [1.807, 2.05) is 35.5 Å². The third-order valence-electron chi connectivity index (χ3n) is 5.11. The van der Waals surface area contributed by atoms with Crippen molar-refractivity contribution in [1.29, 1.82) is 0 Å². The number of nitro groups is 1. The standard InChI is InChI=1S/C20H21N5O3/c26-20(13-16-4-6-17(7-5-16)25(27)28)23-11-9-22(10-12-23)15-18-14-21-19-3-1-2-8-24(18)19/h1-8,14H,9-13,15H2. The Labute approximate surface area is 162 Å². The van der Waals surface area contributed by atoms with Crippen molar-refractivity contribution in [2.24, 2.45) is 0 Å². The monoisotopic (exact) mass is 379 g/mol. The summed E-state index contributed by atoms with van der Waals surface area (Å²) in [7, 11) is 0. The number of amides is 1. The Hall–Kier alpha value is -3.26. The predicted octanol–water partition coefficient (Wildman–Crippen LogP) is 2.13. The fourth-order valence-electron chi connectivity index (χ4n) is 3.51. The van der Waals surface area contributed by atoms with Gasteiger partial charge in [-0.25, -0.2) is 4.98 Å². The molecule has 0 atom stereocenters. The van der Waals surface area contributed by atoms with Crippen molar-refractivity contribution < 1.29 is 9.72 Å². The van der Waals surface area contributed by atoms with E-state index >= 15 is 0 Å². The van der Waals surface area contributed by atoms with Crippen molar-refractivity contribution >= 4 is 17.2 Å². The largest absolute Gasteiger partial charge is 0.340 e. The summed E-state index contributed by atoms with van der Waals surface area (Å²) in [5.74, 6) is 0.0586. The lowest BCUT2D eigenvalue weighted by Gasteiger charge is -2.34. The van der Waals surface area contributed by atoms with Crippen LogP contribution in [-0.4, -0.2) is 56.2 Å². The molecule has 28 heavy (non-hydrogen) atoms. The lowest BCUT2D eigenvalue weighted by molar-refractivity contribution is -0.384. The van der Waals surface area contributed by atoms with Gasteiger partial charge < -0.3 is 9.30 Å². The minimum absolute atomic E-state index is 0.0391. The van der Waals surface area contributed by atoms with Crippen LogP contribution in [-0.2, 0) is 17.8 Å². The molecule has 1 amide bonds. The lowest BCUT2D eigenvalue weighted by atomic mass is 10.1. The summed E-state index contributed by atoms with van der Waals surface area (Å²) in [5, 5.41) is 10.7. The number of nitro benzene ring substituents is 1. The number of non-ortho nitro benzene ring substituents is 1. The molecule has 1 aliphatic rings. The van der Waals surface area contributed by atoms with E-state index < -0.39 is 4.92 Å². The van der Waals surface area contributed by atoms with Gasteiger partial charge in [0, 0.05) is 51.1 Å². The van der Waals surface area contributed by atoms with Crippen molar-refractivity contribution in [3.63, 3.8) is 0 Å². The van der Waals surface area contributed by atoms with Gasteiger partial charge in [0.2, 0.25) is 5.91 Å². The first-order valence-electron chi connectivity index (χ1n) is 9.24. The van der Waals surface area contributed by atoms with E-state index in [-0.39, 0.29) is 18.0 Å². The maximum atomic E-state index is 12.5. The van der Waals surface area contributed by atoms with Crippen LogP contribution in [0.3, 0.4) is 0 Å². The zero-order valence-electron chi connectivity index (χ0n) is 15.4. The topological polar surface area (TPSA) is 84.0 Å². The normalized spacial score (nSPS) is 15.1. The molecule has 144 valence electrons. The summed E-state index contributed by atoms with van der Waals surface area (Å²) in [5.41, 5.74) is 2.91. The van der Waals surface area contributed by atoms with Crippen LogP contribution in [0.4, 0.5) is 5.69 Å². The van der Waals surface area contributed by atoms with Gasteiger partial charge in [0.05, 0.1) is 23.2 Å². The van der Waals surface area contributed by atoms with E-state index in [9.17, 15) is 14.9 Å². The van der Waals surface area contributed by atoms with Gasteiger partial charge in [-0.1, -0.05) is 18.2 Å². The van der Waals surface area contributed by atoms with Gasteiger partial charge in [0.15, 0.2) is 0 Å². The molecule has 0 radical (unpaired) electrons. The summed E-state index contributed by atoms with van der Waals surface area (Å²) in [4.78, 5) is 31.4. The zero-order chi connectivity index (χ0) is 19.5. The quantitative estimate of drug-likeness (QED) is 0.501. The molecule has 0 N–H and O–H groups in total. The fraction of sp³-hybridized carbons (Fsp3) is 0.300. The van der Waals surface area contributed by atoms with Crippen LogP contribution in [0.1, 0.15) is 11.3 Å². The minimum atomic E-state index is -0.436. The first-order chi connectivity index (χ1) is 13.6. The average molecular weight is 379 g/mol. The van der Waals surface area contributed by atoms with Crippen molar-refractivity contribution in [3.8, 4) is 0 Å². The number of piperazine rings is 1. The third kappa shape index (κ3) is 3.86. The third-order valence-corrected chi connectivity index (χ3v) is 5.11. The summed E-state index contributed by atoms with van der Waals surface area (Å²) >= 11 is 0. The first kappa shape index (κ1) is 18.1. The molecule has 0 unspecified atom stereocenters. The van der Waals surface area contributed by atoms with E-state index in [2.05, 4.69) is 14.3 Å². The van der Waals surface area contributed by atoms with Crippen LogP contribution < -0.4 is 0 Å². The zero-order valence-corrected chi connectivity index (χ0v) is 15.4. The molecule has 1 aromatic carbocycles. The molecule has 4 rings (SSSR count). The molecule has 0 aliphatic carbocycles. The molecule has 3 aromatic rings.